The second-order valence-electron chi connectivity index (χ2n) is 8.32. The van der Waals surface area contributed by atoms with Crippen molar-refractivity contribution in [3.8, 4) is 0 Å². The number of carbonyl (C=O) groups excluding carboxylic acids is 3. The lowest BCUT2D eigenvalue weighted by Gasteiger charge is -2.14. The van der Waals surface area contributed by atoms with E-state index in [4.69, 9.17) is 10.5 Å². The number of hydrogen-bond acceptors (Lipinski definition) is 7. The van der Waals surface area contributed by atoms with Crippen molar-refractivity contribution in [1.29, 1.82) is 0 Å². The zero-order chi connectivity index (χ0) is 25.1. The smallest absolute Gasteiger partial charge is 0.338 e. The maximum atomic E-state index is 12.8. The molecular weight excluding hydrogens is 452 g/mol. The first kappa shape index (κ1) is 23.7. The van der Waals surface area contributed by atoms with E-state index in [-0.39, 0.29) is 29.8 Å². The number of carbonyl (C=O) groups is 3. The van der Waals surface area contributed by atoms with Crippen molar-refractivity contribution < 1.29 is 19.1 Å². The molecule has 0 spiro atoms. The predicted molar refractivity (Wildman–Crippen MR) is 128 cm³/mol. The number of anilines is 2. The Balaban J connectivity index is 1.47. The molecule has 0 atom stereocenters. The van der Waals surface area contributed by atoms with E-state index in [0.717, 1.165) is 27.5 Å². The summed E-state index contributed by atoms with van der Waals surface area (Å²) in [5.74, 6) is -1.91. The van der Waals surface area contributed by atoms with E-state index >= 15 is 0 Å². The molecule has 0 unspecified atom stereocenters. The predicted octanol–water partition coefficient (Wildman–Crippen LogP) is 1.57. The highest BCUT2D eigenvalue weighted by molar-refractivity contribution is 6.02. The van der Waals surface area contributed by atoms with Crippen LogP contribution in [0.2, 0.25) is 0 Å². The lowest BCUT2D eigenvalue weighted by molar-refractivity contribution is -0.117. The molecule has 3 N–H and O–H groups in total. The van der Waals surface area contributed by atoms with Gasteiger partial charge in [-0.25, -0.2) is 9.59 Å². The van der Waals surface area contributed by atoms with Crippen molar-refractivity contribution in [3.05, 3.63) is 92.1 Å². The number of nitrogens with one attached hydrogen (secondary N) is 1. The maximum absolute atomic E-state index is 12.8. The van der Waals surface area contributed by atoms with Gasteiger partial charge in [0.1, 0.15) is 11.4 Å². The summed E-state index contributed by atoms with van der Waals surface area (Å²) in [4.78, 5) is 62.3. The van der Waals surface area contributed by atoms with Gasteiger partial charge in [0.15, 0.2) is 6.61 Å². The maximum Gasteiger partial charge on any atom is 0.338 e. The zero-order valence-electron chi connectivity index (χ0n) is 19.0. The number of rotatable bonds is 8. The Morgan fingerprint density at radius 1 is 1.03 bits per heavy atom. The topological polar surface area (TPSA) is 142 Å². The average Bonchev–Trinajstić information content (AvgIpc) is 3.71. The average molecular weight is 476 g/mol. The lowest BCUT2D eigenvalue weighted by atomic mass is 10.1. The fourth-order valence-electron chi connectivity index (χ4n) is 3.53. The summed E-state index contributed by atoms with van der Waals surface area (Å²) in [6.45, 7) is -0.675. The second kappa shape index (κ2) is 9.80. The molecule has 0 saturated heterocycles. The van der Waals surface area contributed by atoms with Crippen molar-refractivity contribution in [1.82, 2.24) is 9.13 Å². The molecule has 10 nitrogen and oxygen atoms in total. The third kappa shape index (κ3) is 5.21. The standard InChI is InChI=1S/C25H24N4O6/c1-28-23(32)20(21(26)29(25(28)34)13-15-5-3-2-4-6-15)19(30)14-35-24(33)17-9-11-18(12-10-17)27-22(31)16-7-8-16/h2-6,9-12,16H,7-8,13-14,26H2,1H3,(H,27,31). The van der Waals surface area contributed by atoms with Crippen LogP contribution in [-0.2, 0) is 23.1 Å². The molecule has 1 aromatic heterocycles. The van der Waals surface area contributed by atoms with Crippen molar-refractivity contribution in [3.63, 3.8) is 0 Å². The molecule has 1 aliphatic carbocycles. The molecule has 1 fully saturated rings. The summed E-state index contributed by atoms with van der Waals surface area (Å²) in [6.07, 6.45) is 1.75. The quantitative estimate of drug-likeness (QED) is 0.371. The number of nitrogen functional groups attached to an aromatic ring is 1. The fraction of sp³-hybridized carbons (Fsp3) is 0.240. The van der Waals surface area contributed by atoms with Crippen LogP contribution in [0.3, 0.4) is 0 Å². The van der Waals surface area contributed by atoms with Gasteiger partial charge in [-0.3, -0.25) is 23.5 Å². The van der Waals surface area contributed by atoms with Gasteiger partial charge >= 0.3 is 11.7 Å². The Morgan fingerprint density at radius 3 is 2.31 bits per heavy atom. The molecule has 0 bridgehead atoms. The van der Waals surface area contributed by atoms with E-state index in [1.165, 1.54) is 19.2 Å². The fourth-order valence-corrected chi connectivity index (χ4v) is 3.53. The molecular formula is C25H24N4O6. The summed E-state index contributed by atoms with van der Waals surface area (Å²) in [6, 6.07) is 15.0. The number of amides is 1. The van der Waals surface area contributed by atoms with Crippen LogP contribution in [0.4, 0.5) is 11.5 Å². The number of ketones is 1. The van der Waals surface area contributed by atoms with Gasteiger partial charge in [-0.15, -0.1) is 0 Å². The minimum atomic E-state index is -0.867. The normalized spacial score (nSPS) is 12.7. The van der Waals surface area contributed by atoms with Gasteiger partial charge in [0.25, 0.3) is 5.56 Å². The monoisotopic (exact) mass is 476 g/mol. The van der Waals surface area contributed by atoms with E-state index in [9.17, 15) is 24.0 Å². The van der Waals surface area contributed by atoms with Gasteiger partial charge in [-0.1, -0.05) is 30.3 Å². The minimum Gasteiger partial charge on any atom is -0.454 e. The van der Waals surface area contributed by atoms with E-state index in [0.29, 0.717) is 5.69 Å². The molecule has 180 valence electrons. The molecule has 1 amide bonds. The Bertz CT molecular complexity index is 1400. The molecule has 35 heavy (non-hydrogen) atoms. The number of benzene rings is 2. The highest BCUT2D eigenvalue weighted by Gasteiger charge is 2.29. The molecule has 4 rings (SSSR count). The van der Waals surface area contributed by atoms with E-state index in [1.54, 1.807) is 36.4 Å². The summed E-state index contributed by atoms with van der Waals surface area (Å²) in [5, 5.41) is 2.76. The number of ether oxygens (including phenoxy) is 1. The highest BCUT2D eigenvalue weighted by Crippen LogP contribution is 2.30. The molecule has 3 aromatic rings. The third-order valence-electron chi connectivity index (χ3n) is 5.72. The Hall–Kier alpha value is -4.47. The van der Waals surface area contributed by atoms with E-state index < -0.39 is 35.2 Å². The summed E-state index contributed by atoms with van der Waals surface area (Å²) in [7, 11) is 1.25. The minimum absolute atomic E-state index is 0.0489. The molecule has 1 aliphatic rings. The van der Waals surface area contributed by atoms with Crippen LogP contribution in [0.5, 0.6) is 0 Å². The number of hydrogen-bond donors (Lipinski definition) is 2. The van der Waals surface area contributed by atoms with Gasteiger partial charge in [0.2, 0.25) is 11.7 Å². The van der Waals surface area contributed by atoms with Crippen LogP contribution >= 0.6 is 0 Å². The number of nitrogens with two attached hydrogens (primary N) is 1. The van der Waals surface area contributed by atoms with E-state index in [1.807, 2.05) is 6.07 Å². The van der Waals surface area contributed by atoms with Crippen molar-refractivity contribution >= 4 is 29.2 Å². The lowest BCUT2D eigenvalue weighted by Crippen LogP contribution is -2.43. The first-order valence-electron chi connectivity index (χ1n) is 11.0. The first-order chi connectivity index (χ1) is 16.8. The summed E-state index contributed by atoms with van der Waals surface area (Å²) < 4.78 is 7.00. The van der Waals surface area contributed by atoms with Gasteiger partial charge in [-0.2, -0.15) is 0 Å². The Kier molecular flexibility index (Phi) is 6.63. The van der Waals surface area contributed by atoms with Gasteiger partial charge in [-0.05, 0) is 42.7 Å². The molecule has 1 heterocycles. The summed E-state index contributed by atoms with van der Waals surface area (Å²) in [5.41, 5.74) is 5.56. The van der Waals surface area contributed by atoms with Crippen LogP contribution in [-0.4, -0.2) is 33.4 Å². The van der Waals surface area contributed by atoms with Crippen molar-refractivity contribution in [2.45, 2.75) is 19.4 Å². The van der Waals surface area contributed by atoms with Gasteiger partial charge in [0.05, 0.1) is 12.1 Å². The number of esters is 1. The van der Waals surface area contributed by atoms with Crippen LogP contribution in [0.15, 0.2) is 64.2 Å². The Morgan fingerprint density at radius 2 is 1.69 bits per heavy atom. The third-order valence-corrected chi connectivity index (χ3v) is 5.72. The zero-order valence-corrected chi connectivity index (χ0v) is 19.0. The SMILES string of the molecule is Cn1c(=O)c(C(=O)COC(=O)c2ccc(NC(=O)C3CC3)cc2)c(N)n(Cc2ccccc2)c1=O. The van der Waals surface area contributed by atoms with Crippen LogP contribution < -0.4 is 22.3 Å². The summed E-state index contributed by atoms with van der Waals surface area (Å²) >= 11 is 0. The largest absolute Gasteiger partial charge is 0.454 e. The van der Waals surface area contributed by atoms with Crippen LogP contribution in [0, 0.1) is 5.92 Å². The Labute approximate surface area is 199 Å². The van der Waals surface area contributed by atoms with Gasteiger partial charge < -0.3 is 15.8 Å². The molecule has 0 radical (unpaired) electrons. The van der Waals surface area contributed by atoms with Crippen LogP contribution in [0.25, 0.3) is 0 Å². The molecule has 1 saturated carbocycles. The van der Waals surface area contributed by atoms with Crippen molar-refractivity contribution in [2.24, 2.45) is 13.0 Å². The van der Waals surface area contributed by atoms with Crippen LogP contribution in [0.1, 0.15) is 39.1 Å². The number of nitrogens with zero attached hydrogens (tertiary/aromatic N) is 2. The van der Waals surface area contributed by atoms with Gasteiger partial charge in [0, 0.05) is 18.7 Å². The molecule has 0 aliphatic heterocycles. The number of aromatic nitrogens is 2. The van der Waals surface area contributed by atoms with E-state index in [2.05, 4.69) is 5.32 Å². The molecule has 2 aromatic carbocycles. The highest BCUT2D eigenvalue weighted by atomic mass is 16.5. The second-order valence-corrected chi connectivity index (χ2v) is 8.32. The first-order valence-corrected chi connectivity index (χ1v) is 11.0. The van der Waals surface area contributed by atoms with Crippen molar-refractivity contribution in [2.75, 3.05) is 17.7 Å². The molecule has 10 heteroatoms. The number of Topliss-reactive ketones (excluding diaryl/α,β-unsaturated/α-hetero) is 1.